The molecule has 1 heterocycles. The topological polar surface area (TPSA) is 70.0 Å². The Morgan fingerprint density at radius 3 is 2.95 bits per heavy atom. The highest BCUT2D eigenvalue weighted by Gasteiger charge is 2.24. The van der Waals surface area contributed by atoms with Crippen molar-refractivity contribution in [3.05, 3.63) is 40.7 Å². The van der Waals surface area contributed by atoms with Gasteiger partial charge in [0, 0.05) is 26.1 Å². The summed E-state index contributed by atoms with van der Waals surface area (Å²) in [4.78, 5) is 13.2. The van der Waals surface area contributed by atoms with Crippen LogP contribution in [-0.4, -0.2) is 47.8 Å². The zero-order valence-electron chi connectivity index (χ0n) is 12.5. The fourth-order valence-electron chi connectivity index (χ4n) is 2.93. The van der Waals surface area contributed by atoms with E-state index in [-0.39, 0.29) is 11.3 Å². The molecule has 1 aliphatic carbocycles. The predicted molar refractivity (Wildman–Crippen MR) is 83.8 cm³/mol. The van der Waals surface area contributed by atoms with Crippen molar-refractivity contribution in [1.29, 1.82) is 0 Å². The number of carboxylic acids is 1. The molecular weight excluding hydrogens is 282 g/mol. The van der Waals surface area contributed by atoms with Gasteiger partial charge in [0.15, 0.2) is 0 Å². The molecule has 22 heavy (non-hydrogen) atoms. The van der Waals surface area contributed by atoms with Crippen LogP contribution in [0.2, 0.25) is 0 Å². The lowest BCUT2D eigenvalue weighted by Crippen LogP contribution is -2.35. The molecule has 5 nitrogen and oxygen atoms in total. The van der Waals surface area contributed by atoms with Crippen LogP contribution in [-0.2, 0) is 4.79 Å². The van der Waals surface area contributed by atoms with E-state index >= 15 is 0 Å². The Hall–Kier alpha value is -2.27. The zero-order chi connectivity index (χ0) is 15.7. The van der Waals surface area contributed by atoms with Crippen molar-refractivity contribution in [1.82, 2.24) is 4.90 Å². The third-order valence-electron chi connectivity index (χ3n) is 4.29. The highest BCUT2D eigenvalue weighted by molar-refractivity contribution is 5.96. The first-order chi connectivity index (χ1) is 10.6. The number of rotatable bonds is 5. The number of benzene rings is 1. The van der Waals surface area contributed by atoms with Gasteiger partial charge in [-0.25, -0.2) is 4.79 Å². The number of hydrogen-bond donors (Lipinski definition) is 2. The maximum Gasteiger partial charge on any atom is 0.336 e. The number of aliphatic hydroxyl groups is 1. The fraction of sp³-hybridized carbons (Fsp3) is 0.353. The quantitative estimate of drug-likeness (QED) is 0.874. The molecule has 5 heteroatoms. The summed E-state index contributed by atoms with van der Waals surface area (Å²) in [5, 5.41) is 18.7. The lowest BCUT2D eigenvalue weighted by molar-refractivity contribution is -0.133. The van der Waals surface area contributed by atoms with Gasteiger partial charge in [-0.2, -0.15) is 0 Å². The molecule has 2 N–H and O–H groups in total. The summed E-state index contributed by atoms with van der Waals surface area (Å²) in [6.45, 7) is 1.78. The van der Waals surface area contributed by atoms with Gasteiger partial charge in [0.2, 0.25) is 0 Å². The molecule has 0 aromatic heterocycles. The molecule has 0 radical (unpaired) electrons. The molecule has 1 aromatic carbocycles. The number of hydrogen-bond acceptors (Lipinski definition) is 4. The summed E-state index contributed by atoms with van der Waals surface area (Å²) in [7, 11) is 1.66. The summed E-state index contributed by atoms with van der Waals surface area (Å²) >= 11 is 0. The first kappa shape index (κ1) is 14.7. The van der Waals surface area contributed by atoms with E-state index in [9.17, 15) is 9.90 Å². The van der Waals surface area contributed by atoms with E-state index in [0.717, 1.165) is 18.7 Å². The van der Waals surface area contributed by atoms with E-state index in [1.807, 2.05) is 18.2 Å². The van der Waals surface area contributed by atoms with Gasteiger partial charge in [-0.05, 0) is 35.3 Å². The minimum Gasteiger partial charge on any atom is -0.512 e. The first-order valence-corrected chi connectivity index (χ1v) is 7.34. The Balaban J connectivity index is 1.59. The number of carboxylic acid groups (broad SMARTS) is 1. The molecule has 0 saturated carbocycles. The van der Waals surface area contributed by atoms with Crippen molar-refractivity contribution < 1.29 is 19.7 Å². The smallest absolute Gasteiger partial charge is 0.336 e. The highest BCUT2D eigenvalue weighted by Crippen LogP contribution is 2.37. The summed E-state index contributed by atoms with van der Waals surface area (Å²) in [6, 6.07) is 6.03. The van der Waals surface area contributed by atoms with Crippen molar-refractivity contribution in [3.63, 3.8) is 0 Å². The largest absolute Gasteiger partial charge is 0.512 e. The third kappa shape index (κ3) is 2.72. The molecule has 2 aliphatic rings. The van der Waals surface area contributed by atoms with Gasteiger partial charge in [-0.1, -0.05) is 12.1 Å². The first-order valence-electron chi connectivity index (χ1n) is 7.34. The van der Waals surface area contributed by atoms with Crippen LogP contribution in [0.5, 0.6) is 5.75 Å². The van der Waals surface area contributed by atoms with E-state index in [0.29, 0.717) is 19.5 Å². The van der Waals surface area contributed by atoms with Crippen LogP contribution < -0.4 is 4.74 Å². The van der Waals surface area contributed by atoms with Gasteiger partial charge in [0.25, 0.3) is 0 Å². The molecule has 3 rings (SSSR count). The number of fused-ring (bicyclic) bond motifs is 1. The summed E-state index contributed by atoms with van der Waals surface area (Å²) < 4.78 is 5.24. The van der Waals surface area contributed by atoms with E-state index in [1.54, 1.807) is 7.11 Å². The number of aliphatic hydroxyl groups excluding tert-OH is 1. The number of nitrogens with zero attached hydrogens (tertiary/aromatic N) is 1. The van der Waals surface area contributed by atoms with Crippen LogP contribution in [0.25, 0.3) is 11.6 Å². The van der Waals surface area contributed by atoms with Crippen LogP contribution >= 0.6 is 0 Å². The van der Waals surface area contributed by atoms with Crippen molar-refractivity contribution in [2.75, 3.05) is 26.7 Å². The van der Waals surface area contributed by atoms with Crippen molar-refractivity contribution in [2.24, 2.45) is 0 Å². The Kier molecular flexibility index (Phi) is 3.90. The van der Waals surface area contributed by atoms with E-state index in [4.69, 9.17) is 9.84 Å². The monoisotopic (exact) mass is 301 g/mol. The molecule has 0 spiro atoms. The SMILES string of the molecule is COc1ccc2c(c1)C(CCN1CCC(O)=C(C(=O)O)C1)=C2. The number of methoxy groups -OCH3 is 1. The van der Waals surface area contributed by atoms with Gasteiger partial charge < -0.3 is 14.9 Å². The molecule has 0 atom stereocenters. The van der Waals surface area contributed by atoms with Crippen LogP contribution in [0.1, 0.15) is 24.0 Å². The molecule has 0 bridgehead atoms. The second-order valence-corrected chi connectivity index (χ2v) is 5.63. The normalized spacial score (nSPS) is 17.6. The van der Waals surface area contributed by atoms with Crippen molar-refractivity contribution in [2.45, 2.75) is 12.8 Å². The number of ether oxygens (including phenoxy) is 1. The van der Waals surface area contributed by atoms with Crippen molar-refractivity contribution in [3.8, 4) is 5.75 Å². The average molecular weight is 301 g/mol. The molecule has 1 aliphatic heterocycles. The predicted octanol–water partition coefficient (Wildman–Crippen LogP) is 2.54. The molecule has 0 amide bonds. The summed E-state index contributed by atoms with van der Waals surface area (Å²) in [6.07, 6.45) is 3.43. The number of carbonyl (C=O) groups is 1. The summed E-state index contributed by atoms with van der Waals surface area (Å²) in [5.41, 5.74) is 3.83. The Bertz CT molecular complexity index is 675. The van der Waals surface area contributed by atoms with Gasteiger partial charge >= 0.3 is 5.97 Å². The maximum atomic E-state index is 11.1. The van der Waals surface area contributed by atoms with Crippen LogP contribution in [0, 0.1) is 0 Å². The van der Waals surface area contributed by atoms with E-state index in [2.05, 4.69) is 11.0 Å². The Morgan fingerprint density at radius 2 is 2.23 bits per heavy atom. The third-order valence-corrected chi connectivity index (χ3v) is 4.29. The molecule has 0 fully saturated rings. The van der Waals surface area contributed by atoms with Crippen LogP contribution in [0.4, 0.5) is 0 Å². The molecule has 0 saturated heterocycles. The Morgan fingerprint density at radius 1 is 1.41 bits per heavy atom. The second-order valence-electron chi connectivity index (χ2n) is 5.63. The molecule has 0 unspecified atom stereocenters. The zero-order valence-corrected chi connectivity index (χ0v) is 12.5. The van der Waals surface area contributed by atoms with Crippen LogP contribution in [0.3, 0.4) is 0 Å². The number of aliphatic carboxylic acids is 1. The Labute approximate surface area is 129 Å². The average Bonchev–Trinajstić information content (AvgIpc) is 2.49. The second kappa shape index (κ2) is 5.85. The lowest BCUT2D eigenvalue weighted by atomic mass is 9.86. The summed E-state index contributed by atoms with van der Waals surface area (Å²) in [5.74, 6) is -0.162. The molecule has 1 aromatic rings. The lowest BCUT2D eigenvalue weighted by Gasteiger charge is -2.29. The molecular formula is C17H19NO4. The fourth-order valence-corrected chi connectivity index (χ4v) is 2.93. The van der Waals surface area contributed by atoms with Gasteiger partial charge in [-0.15, -0.1) is 0 Å². The maximum absolute atomic E-state index is 11.1. The van der Waals surface area contributed by atoms with E-state index < -0.39 is 5.97 Å². The van der Waals surface area contributed by atoms with Gasteiger partial charge in [-0.3, -0.25) is 4.90 Å². The minimum absolute atomic E-state index is 0.0155. The molecule has 116 valence electrons. The standard InChI is InChI=1S/C17H19NO4/c1-22-13-3-2-11-8-12(14(11)9-13)4-6-18-7-5-16(19)15(10-18)17(20)21/h2-3,8-9,19H,4-7,10H2,1H3,(H,20,21). The minimum atomic E-state index is -1.03. The van der Waals surface area contributed by atoms with E-state index in [1.165, 1.54) is 16.7 Å². The van der Waals surface area contributed by atoms with Gasteiger partial charge in [0.05, 0.1) is 12.7 Å². The van der Waals surface area contributed by atoms with Crippen molar-refractivity contribution >= 4 is 17.6 Å². The van der Waals surface area contributed by atoms with Gasteiger partial charge in [0.1, 0.15) is 11.5 Å². The van der Waals surface area contributed by atoms with Crippen LogP contribution in [0.15, 0.2) is 29.5 Å². The highest BCUT2D eigenvalue weighted by atomic mass is 16.5.